The number of nitriles is 1. The van der Waals surface area contributed by atoms with Crippen LogP contribution >= 0.6 is 11.5 Å². The number of hydrogen-bond donors (Lipinski definition) is 0. The van der Waals surface area contributed by atoms with Crippen LogP contribution in [0.3, 0.4) is 0 Å². The van der Waals surface area contributed by atoms with E-state index in [-0.39, 0.29) is 6.10 Å². The monoisotopic (exact) mass is 259 g/mol. The molecule has 1 saturated heterocycles. The van der Waals surface area contributed by atoms with E-state index >= 15 is 0 Å². The van der Waals surface area contributed by atoms with E-state index < -0.39 is 0 Å². The summed E-state index contributed by atoms with van der Waals surface area (Å²) in [6.45, 7) is 1.34. The molecule has 0 bridgehead atoms. The third-order valence-electron chi connectivity index (χ3n) is 2.53. The van der Waals surface area contributed by atoms with E-state index in [0.29, 0.717) is 12.3 Å². The predicted octanol–water partition coefficient (Wildman–Crippen LogP) is 1.85. The average Bonchev–Trinajstić information content (AvgIpc) is 3.12. The van der Waals surface area contributed by atoms with Gasteiger partial charge in [0.1, 0.15) is 24.5 Å². The zero-order valence-electron chi connectivity index (χ0n) is 9.37. The zero-order valence-corrected chi connectivity index (χ0v) is 10.2. The van der Waals surface area contributed by atoms with Crippen molar-refractivity contribution in [1.29, 1.82) is 5.26 Å². The van der Waals surface area contributed by atoms with Gasteiger partial charge in [0.2, 0.25) is 0 Å². The van der Waals surface area contributed by atoms with E-state index in [1.54, 1.807) is 0 Å². The van der Waals surface area contributed by atoms with Crippen molar-refractivity contribution in [3.05, 3.63) is 30.0 Å². The van der Waals surface area contributed by atoms with Crippen LogP contribution in [0, 0.1) is 11.3 Å². The third-order valence-corrected chi connectivity index (χ3v) is 3.30. The van der Waals surface area contributed by atoms with Crippen molar-refractivity contribution in [2.24, 2.45) is 0 Å². The Morgan fingerprint density at radius 3 is 3.22 bits per heavy atom. The molecule has 90 valence electrons. The highest BCUT2D eigenvalue weighted by molar-refractivity contribution is 7.09. The van der Waals surface area contributed by atoms with E-state index in [9.17, 15) is 0 Å². The van der Waals surface area contributed by atoms with E-state index in [0.717, 1.165) is 22.8 Å². The van der Waals surface area contributed by atoms with Crippen LogP contribution in [0.4, 0.5) is 0 Å². The maximum atomic E-state index is 8.93. The smallest absolute Gasteiger partial charge is 0.183 e. The minimum Gasteiger partial charge on any atom is -0.491 e. The van der Waals surface area contributed by atoms with E-state index in [2.05, 4.69) is 9.59 Å². The summed E-state index contributed by atoms with van der Waals surface area (Å²) in [4.78, 5) is 0.769. The molecule has 1 aromatic heterocycles. The summed E-state index contributed by atoms with van der Waals surface area (Å²) in [6, 6.07) is 9.60. The lowest BCUT2D eigenvalue weighted by Gasteiger charge is -2.05. The first-order valence-electron chi connectivity index (χ1n) is 5.44. The van der Waals surface area contributed by atoms with Crippen LogP contribution in [-0.4, -0.2) is 28.9 Å². The van der Waals surface area contributed by atoms with Gasteiger partial charge in [-0.15, -0.1) is 5.10 Å². The molecule has 0 radical (unpaired) electrons. The fraction of sp³-hybridized carbons (Fsp3) is 0.250. The first-order chi connectivity index (χ1) is 8.86. The first kappa shape index (κ1) is 11.1. The van der Waals surface area contributed by atoms with Gasteiger partial charge in [0, 0.05) is 0 Å². The van der Waals surface area contributed by atoms with Gasteiger partial charge in [-0.25, -0.2) is 0 Å². The Morgan fingerprint density at radius 1 is 1.56 bits per heavy atom. The molecule has 0 saturated carbocycles. The molecule has 1 aliphatic heterocycles. The molecule has 3 rings (SSSR count). The quantitative estimate of drug-likeness (QED) is 0.784. The van der Waals surface area contributed by atoms with E-state index in [4.69, 9.17) is 14.7 Å². The van der Waals surface area contributed by atoms with Crippen molar-refractivity contribution < 1.29 is 9.47 Å². The molecule has 1 fully saturated rings. The Hall–Kier alpha value is -1.97. The summed E-state index contributed by atoms with van der Waals surface area (Å²) < 4.78 is 14.5. The van der Waals surface area contributed by atoms with E-state index in [1.807, 2.05) is 30.3 Å². The Bertz CT molecular complexity index is 601. The molecule has 2 heterocycles. The highest BCUT2D eigenvalue weighted by atomic mass is 32.1. The average molecular weight is 259 g/mol. The zero-order chi connectivity index (χ0) is 12.4. The Balaban J connectivity index is 1.83. The van der Waals surface area contributed by atoms with E-state index in [1.165, 1.54) is 11.5 Å². The van der Waals surface area contributed by atoms with Gasteiger partial charge in [0.05, 0.1) is 11.5 Å². The van der Waals surface area contributed by atoms with Crippen molar-refractivity contribution in [3.63, 3.8) is 0 Å². The molecule has 1 unspecified atom stereocenters. The van der Waals surface area contributed by atoms with Crippen LogP contribution in [-0.2, 0) is 4.74 Å². The van der Waals surface area contributed by atoms with Gasteiger partial charge in [0.15, 0.2) is 5.69 Å². The normalized spacial score (nSPS) is 17.2. The lowest BCUT2D eigenvalue weighted by molar-refractivity contribution is 0.263. The number of epoxide rings is 1. The minimum atomic E-state index is 0.230. The van der Waals surface area contributed by atoms with Gasteiger partial charge >= 0.3 is 0 Å². The molecule has 0 amide bonds. The van der Waals surface area contributed by atoms with Crippen LogP contribution in [0.1, 0.15) is 5.69 Å². The summed E-state index contributed by atoms with van der Waals surface area (Å²) in [7, 11) is 0. The van der Waals surface area contributed by atoms with Gasteiger partial charge in [-0.1, -0.05) is 16.6 Å². The number of nitrogens with zero attached hydrogens (tertiary/aromatic N) is 3. The van der Waals surface area contributed by atoms with Crippen LogP contribution in [0.25, 0.3) is 10.4 Å². The van der Waals surface area contributed by atoms with Gasteiger partial charge in [-0.05, 0) is 29.2 Å². The predicted molar refractivity (Wildman–Crippen MR) is 65.3 cm³/mol. The molecular formula is C12H9N3O2S. The van der Waals surface area contributed by atoms with Crippen LogP contribution in [0.15, 0.2) is 24.3 Å². The Labute approximate surface area is 108 Å². The van der Waals surface area contributed by atoms with Crippen LogP contribution in [0.2, 0.25) is 0 Å². The highest BCUT2D eigenvalue weighted by Gasteiger charge is 2.23. The molecule has 0 aliphatic carbocycles. The molecule has 0 spiro atoms. The van der Waals surface area contributed by atoms with Crippen molar-refractivity contribution in [3.8, 4) is 22.3 Å². The fourth-order valence-corrected chi connectivity index (χ4v) is 2.14. The van der Waals surface area contributed by atoms with Crippen molar-refractivity contribution in [1.82, 2.24) is 9.59 Å². The first-order valence-corrected chi connectivity index (χ1v) is 6.21. The highest BCUT2D eigenvalue weighted by Crippen LogP contribution is 2.28. The Morgan fingerprint density at radius 2 is 2.44 bits per heavy atom. The number of hydrogen-bond acceptors (Lipinski definition) is 6. The largest absolute Gasteiger partial charge is 0.491 e. The summed E-state index contributed by atoms with van der Waals surface area (Å²) in [6.07, 6.45) is 0.230. The number of aromatic nitrogens is 2. The van der Waals surface area contributed by atoms with Gasteiger partial charge in [-0.2, -0.15) is 5.26 Å². The van der Waals surface area contributed by atoms with Crippen molar-refractivity contribution >= 4 is 11.5 Å². The molecule has 2 aromatic rings. The number of benzene rings is 1. The van der Waals surface area contributed by atoms with Crippen molar-refractivity contribution in [2.45, 2.75) is 6.10 Å². The summed E-state index contributed by atoms with van der Waals surface area (Å²) >= 11 is 1.21. The molecule has 6 heteroatoms. The SMILES string of the molecule is N#Cc1nnsc1-c1cccc(OCC2CO2)c1. The topological polar surface area (TPSA) is 71.3 Å². The molecule has 1 aliphatic rings. The standard InChI is InChI=1S/C12H9N3O2S/c13-5-11-12(18-15-14-11)8-2-1-3-9(4-8)16-6-10-7-17-10/h1-4,10H,6-7H2. The molecule has 5 nitrogen and oxygen atoms in total. The summed E-state index contributed by atoms with van der Waals surface area (Å²) in [5.41, 5.74) is 1.25. The maximum absolute atomic E-state index is 8.93. The maximum Gasteiger partial charge on any atom is 0.183 e. The minimum absolute atomic E-state index is 0.230. The van der Waals surface area contributed by atoms with Gasteiger partial charge < -0.3 is 9.47 Å². The molecule has 1 atom stereocenters. The van der Waals surface area contributed by atoms with Crippen LogP contribution in [0.5, 0.6) is 5.75 Å². The summed E-state index contributed by atoms with van der Waals surface area (Å²) in [5, 5.41) is 12.7. The van der Waals surface area contributed by atoms with Crippen molar-refractivity contribution in [2.75, 3.05) is 13.2 Å². The third kappa shape index (κ3) is 2.32. The van der Waals surface area contributed by atoms with Crippen LogP contribution < -0.4 is 4.74 Å². The van der Waals surface area contributed by atoms with Gasteiger partial charge in [-0.3, -0.25) is 0 Å². The second-order valence-electron chi connectivity index (χ2n) is 3.86. The lowest BCUT2D eigenvalue weighted by Crippen LogP contribution is -2.03. The Kier molecular flexibility index (Phi) is 2.92. The molecule has 18 heavy (non-hydrogen) atoms. The lowest BCUT2D eigenvalue weighted by atomic mass is 10.1. The van der Waals surface area contributed by atoms with Gasteiger partial charge in [0.25, 0.3) is 0 Å². The number of ether oxygens (including phenoxy) is 2. The molecular weight excluding hydrogens is 250 g/mol. The number of rotatable bonds is 4. The molecule has 0 N–H and O–H groups in total. The fourth-order valence-electron chi connectivity index (χ4n) is 1.53. The summed E-state index contributed by atoms with van der Waals surface area (Å²) in [5.74, 6) is 0.764. The second-order valence-corrected chi connectivity index (χ2v) is 4.61. The second kappa shape index (κ2) is 4.72. The molecule has 1 aromatic carbocycles.